The number of fused-ring (bicyclic) bond motifs is 1. The number of carbonyl (C=O) groups is 2. The zero-order valence-corrected chi connectivity index (χ0v) is 19.7. The molecule has 0 bridgehead atoms. The Morgan fingerprint density at radius 1 is 1.19 bits per heavy atom. The molecule has 2 aliphatic heterocycles. The Balaban J connectivity index is 1.53. The molecule has 1 aromatic heterocycles. The van der Waals surface area contributed by atoms with Gasteiger partial charge in [-0.3, -0.25) is 9.59 Å². The van der Waals surface area contributed by atoms with Crippen LogP contribution in [0.2, 0.25) is 4.34 Å². The summed E-state index contributed by atoms with van der Waals surface area (Å²) in [6.07, 6.45) is 2.32. The first-order chi connectivity index (χ1) is 14.7. The minimum Gasteiger partial charge on any atom is -0.378 e. The van der Waals surface area contributed by atoms with Crippen LogP contribution in [-0.4, -0.2) is 54.6 Å². The lowest BCUT2D eigenvalue weighted by Crippen LogP contribution is -2.57. The molecule has 1 fully saturated rings. The molecule has 2 aliphatic rings. The Bertz CT molecular complexity index is 998. The molecule has 8 heteroatoms. The Hall–Kier alpha value is -1.93. The third-order valence-corrected chi connectivity index (χ3v) is 7.67. The molecule has 2 amide bonds. The van der Waals surface area contributed by atoms with Gasteiger partial charge >= 0.3 is 0 Å². The van der Waals surface area contributed by atoms with Gasteiger partial charge in [0.1, 0.15) is 5.54 Å². The summed E-state index contributed by atoms with van der Waals surface area (Å²) in [5.74, 6) is -0.574. The maximum Gasteiger partial charge on any atom is 0.262 e. The van der Waals surface area contributed by atoms with Gasteiger partial charge in [0.05, 0.1) is 15.8 Å². The fourth-order valence-electron chi connectivity index (χ4n) is 4.17. The van der Waals surface area contributed by atoms with E-state index in [-0.39, 0.29) is 24.0 Å². The van der Waals surface area contributed by atoms with Crippen molar-refractivity contribution in [1.29, 1.82) is 0 Å². The average Bonchev–Trinajstić information content (AvgIpc) is 3.34. The van der Waals surface area contributed by atoms with Gasteiger partial charge in [0.25, 0.3) is 11.8 Å². The lowest BCUT2D eigenvalue weighted by atomic mass is 9.92. The van der Waals surface area contributed by atoms with Gasteiger partial charge in [-0.15, -0.1) is 11.3 Å². The normalized spacial score (nSPS) is 23.1. The van der Waals surface area contributed by atoms with Crippen molar-refractivity contribution < 1.29 is 14.3 Å². The van der Waals surface area contributed by atoms with E-state index in [2.05, 4.69) is 48.6 Å². The third-order valence-electron chi connectivity index (χ3n) is 6.44. The van der Waals surface area contributed by atoms with Crippen molar-refractivity contribution in [2.24, 2.45) is 0 Å². The Kier molecular flexibility index (Phi) is 6.14. The van der Waals surface area contributed by atoms with E-state index in [4.69, 9.17) is 16.3 Å². The summed E-state index contributed by atoms with van der Waals surface area (Å²) in [6, 6.07) is 9.45. The summed E-state index contributed by atoms with van der Waals surface area (Å²) in [5.41, 5.74) is 2.26. The SMILES string of the molecule is CN1CCc2ccc(NC(=O)C3(NC(=O)c4ccc(Cl)s4)CCOC3)cc2CC1(C)C. The molecule has 166 valence electrons. The van der Waals surface area contributed by atoms with Crippen molar-refractivity contribution >= 4 is 40.4 Å². The minimum atomic E-state index is -1.10. The van der Waals surface area contributed by atoms with E-state index >= 15 is 0 Å². The number of ether oxygens (including phenoxy) is 1. The Morgan fingerprint density at radius 2 is 2.00 bits per heavy atom. The standard InChI is InChI=1S/C23H28ClN3O3S/c1-22(2)13-16-12-17(5-4-15(16)8-10-27(22)3)25-21(29)23(9-11-30-14-23)26-20(28)18-6-7-19(24)31-18/h4-7,12H,8-11,13-14H2,1-3H3,(H,25,29)(H,26,28). The molecule has 31 heavy (non-hydrogen) atoms. The number of halogens is 1. The van der Waals surface area contributed by atoms with E-state index in [9.17, 15) is 9.59 Å². The molecule has 0 aliphatic carbocycles. The molecule has 0 spiro atoms. The molecule has 0 radical (unpaired) electrons. The van der Waals surface area contributed by atoms with Crippen LogP contribution in [0, 0.1) is 0 Å². The second-order valence-electron chi connectivity index (χ2n) is 9.04. The van der Waals surface area contributed by atoms with E-state index in [0.717, 1.165) is 25.1 Å². The monoisotopic (exact) mass is 461 g/mol. The van der Waals surface area contributed by atoms with Gasteiger partial charge in [-0.2, -0.15) is 0 Å². The minimum absolute atomic E-state index is 0.0460. The fraction of sp³-hybridized carbons (Fsp3) is 0.478. The van der Waals surface area contributed by atoms with Gasteiger partial charge in [-0.05, 0) is 69.1 Å². The molecule has 1 unspecified atom stereocenters. The molecule has 2 aromatic rings. The number of likely N-dealkylation sites (N-methyl/N-ethyl adjacent to an activating group) is 1. The zero-order chi connectivity index (χ0) is 22.2. The topological polar surface area (TPSA) is 70.7 Å². The second-order valence-corrected chi connectivity index (χ2v) is 10.8. The number of hydrogen-bond acceptors (Lipinski definition) is 5. The summed E-state index contributed by atoms with van der Waals surface area (Å²) in [4.78, 5) is 28.8. The smallest absolute Gasteiger partial charge is 0.262 e. The van der Waals surface area contributed by atoms with Crippen LogP contribution in [0.3, 0.4) is 0 Å². The molecule has 1 saturated heterocycles. The molecule has 3 heterocycles. The predicted octanol–water partition coefficient (Wildman–Crippen LogP) is 3.74. The third kappa shape index (κ3) is 4.65. The molecule has 0 saturated carbocycles. The largest absolute Gasteiger partial charge is 0.378 e. The molecule has 6 nitrogen and oxygen atoms in total. The van der Waals surface area contributed by atoms with Crippen molar-refractivity contribution in [1.82, 2.24) is 10.2 Å². The molecule has 4 rings (SSSR count). The van der Waals surface area contributed by atoms with Crippen LogP contribution < -0.4 is 10.6 Å². The lowest BCUT2D eigenvalue weighted by molar-refractivity contribution is -0.122. The number of anilines is 1. The maximum atomic E-state index is 13.3. The number of benzene rings is 1. The van der Waals surface area contributed by atoms with Gasteiger partial charge < -0.3 is 20.3 Å². The zero-order valence-electron chi connectivity index (χ0n) is 18.1. The number of thiophene rings is 1. The highest BCUT2D eigenvalue weighted by Crippen LogP contribution is 2.29. The molecular weight excluding hydrogens is 434 g/mol. The molecule has 2 N–H and O–H groups in total. The summed E-state index contributed by atoms with van der Waals surface area (Å²) in [6.45, 7) is 6.05. The molecule has 1 atom stereocenters. The number of nitrogens with one attached hydrogen (secondary N) is 2. The molecule has 1 aromatic carbocycles. The van der Waals surface area contributed by atoms with Crippen LogP contribution in [0.15, 0.2) is 30.3 Å². The fourth-order valence-corrected chi connectivity index (χ4v) is 5.11. The maximum absolute atomic E-state index is 13.3. The van der Waals surface area contributed by atoms with Crippen LogP contribution in [0.5, 0.6) is 0 Å². The van der Waals surface area contributed by atoms with Gasteiger partial charge in [-0.25, -0.2) is 0 Å². The van der Waals surface area contributed by atoms with Crippen molar-refractivity contribution in [2.45, 2.75) is 44.2 Å². The first kappa shape index (κ1) is 22.3. The van der Waals surface area contributed by atoms with E-state index < -0.39 is 5.54 Å². The number of rotatable bonds is 4. The van der Waals surface area contributed by atoms with Crippen LogP contribution in [0.1, 0.15) is 41.1 Å². The van der Waals surface area contributed by atoms with E-state index in [1.165, 1.54) is 22.5 Å². The van der Waals surface area contributed by atoms with Crippen molar-refractivity contribution in [3.63, 3.8) is 0 Å². The van der Waals surface area contributed by atoms with Crippen LogP contribution >= 0.6 is 22.9 Å². The first-order valence-corrected chi connectivity index (χ1v) is 11.7. The highest BCUT2D eigenvalue weighted by Gasteiger charge is 2.44. The second kappa shape index (κ2) is 8.54. The van der Waals surface area contributed by atoms with Crippen LogP contribution in [0.25, 0.3) is 0 Å². The van der Waals surface area contributed by atoms with Crippen molar-refractivity contribution in [3.8, 4) is 0 Å². The summed E-state index contributed by atoms with van der Waals surface area (Å²) >= 11 is 7.14. The number of hydrogen-bond donors (Lipinski definition) is 2. The van der Waals surface area contributed by atoms with Crippen LogP contribution in [-0.2, 0) is 22.4 Å². The quantitative estimate of drug-likeness (QED) is 0.727. The van der Waals surface area contributed by atoms with E-state index in [0.29, 0.717) is 22.2 Å². The van der Waals surface area contributed by atoms with Gasteiger partial charge in [-0.1, -0.05) is 17.7 Å². The average molecular weight is 462 g/mol. The summed E-state index contributed by atoms with van der Waals surface area (Å²) in [7, 11) is 2.15. The number of nitrogens with zero attached hydrogens (tertiary/aromatic N) is 1. The number of carbonyl (C=O) groups excluding carboxylic acids is 2. The van der Waals surface area contributed by atoms with E-state index in [1.807, 2.05) is 6.07 Å². The first-order valence-electron chi connectivity index (χ1n) is 10.5. The van der Waals surface area contributed by atoms with Crippen molar-refractivity contribution in [2.75, 3.05) is 32.1 Å². The highest BCUT2D eigenvalue weighted by atomic mass is 35.5. The Morgan fingerprint density at radius 3 is 2.68 bits per heavy atom. The van der Waals surface area contributed by atoms with Gasteiger partial charge in [0, 0.05) is 30.8 Å². The summed E-state index contributed by atoms with van der Waals surface area (Å²) in [5, 5.41) is 5.93. The molecular formula is C23H28ClN3O3S. The number of amides is 2. The van der Waals surface area contributed by atoms with Crippen LogP contribution in [0.4, 0.5) is 5.69 Å². The predicted molar refractivity (Wildman–Crippen MR) is 124 cm³/mol. The van der Waals surface area contributed by atoms with E-state index in [1.54, 1.807) is 12.1 Å². The highest BCUT2D eigenvalue weighted by molar-refractivity contribution is 7.18. The lowest BCUT2D eigenvalue weighted by Gasteiger charge is -2.33. The van der Waals surface area contributed by atoms with Gasteiger partial charge in [0.15, 0.2) is 0 Å². The van der Waals surface area contributed by atoms with Gasteiger partial charge in [0.2, 0.25) is 0 Å². The van der Waals surface area contributed by atoms with Crippen molar-refractivity contribution in [3.05, 3.63) is 50.7 Å². The Labute approximate surface area is 191 Å². The summed E-state index contributed by atoms with van der Waals surface area (Å²) < 4.78 is 6.04.